The number of hydrogen-bond donors (Lipinski definition) is 0. The fraction of sp³-hybridized carbons (Fsp3) is 0.714. The minimum atomic E-state index is -3.36. The maximum Gasteiger partial charge on any atom is 0.243 e. The summed E-state index contributed by atoms with van der Waals surface area (Å²) in [6.45, 7) is 10.2. The van der Waals surface area contributed by atoms with Gasteiger partial charge in [-0.2, -0.15) is 4.31 Å². The highest BCUT2D eigenvalue weighted by Gasteiger charge is 2.46. The first-order valence-electron chi connectivity index (χ1n) is 10.2. The van der Waals surface area contributed by atoms with E-state index >= 15 is 0 Å². The molecule has 0 spiro atoms. The van der Waals surface area contributed by atoms with Gasteiger partial charge in [0.05, 0.1) is 4.90 Å². The lowest BCUT2D eigenvalue weighted by atomic mass is 9.97. The molecule has 0 bridgehead atoms. The van der Waals surface area contributed by atoms with Crippen LogP contribution in [0.4, 0.5) is 0 Å². The van der Waals surface area contributed by atoms with Crippen molar-refractivity contribution in [1.29, 1.82) is 0 Å². The Hall–Kier alpha value is -0.910. The molecule has 0 amide bonds. The summed E-state index contributed by atoms with van der Waals surface area (Å²) < 4.78 is 28.0. The van der Waals surface area contributed by atoms with Crippen LogP contribution < -0.4 is 0 Å². The zero-order valence-electron chi connectivity index (χ0n) is 16.3. The van der Waals surface area contributed by atoms with E-state index in [1.807, 2.05) is 26.0 Å². The molecular weight excluding hydrogens is 344 g/mol. The molecule has 26 heavy (non-hydrogen) atoms. The van der Waals surface area contributed by atoms with Gasteiger partial charge in [0.15, 0.2) is 0 Å². The topological polar surface area (TPSA) is 40.6 Å². The van der Waals surface area contributed by atoms with E-state index in [1.54, 1.807) is 10.4 Å². The van der Waals surface area contributed by atoms with Crippen LogP contribution in [-0.4, -0.2) is 49.8 Å². The van der Waals surface area contributed by atoms with Crippen molar-refractivity contribution in [3.63, 3.8) is 0 Å². The molecule has 0 radical (unpaired) electrons. The first-order valence-corrected chi connectivity index (χ1v) is 11.6. The Balaban J connectivity index is 1.43. The van der Waals surface area contributed by atoms with Crippen molar-refractivity contribution in [2.75, 3.05) is 26.2 Å². The van der Waals surface area contributed by atoms with Gasteiger partial charge in [-0.3, -0.25) is 0 Å². The van der Waals surface area contributed by atoms with Crippen molar-refractivity contribution in [2.45, 2.75) is 57.4 Å². The van der Waals surface area contributed by atoms with Gasteiger partial charge in [0, 0.05) is 19.1 Å². The van der Waals surface area contributed by atoms with Gasteiger partial charge in [-0.1, -0.05) is 24.6 Å². The van der Waals surface area contributed by atoms with E-state index in [1.165, 1.54) is 38.8 Å². The molecule has 4 rings (SSSR count). The lowest BCUT2D eigenvalue weighted by Gasteiger charge is -2.35. The number of nitrogens with zero attached hydrogens (tertiary/aromatic N) is 2. The van der Waals surface area contributed by atoms with Gasteiger partial charge in [-0.05, 0) is 82.0 Å². The SMILES string of the molecule is Cc1ccc(S(=O)(=O)N2CC3CC(N4CCC(C)CC4)CC3C2)c(C)c1. The Morgan fingerprint density at radius 1 is 1.00 bits per heavy atom. The van der Waals surface area contributed by atoms with Gasteiger partial charge in [0.1, 0.15) is 0 Å². The molecule has 1 aromatic carbocycles. The molecule has 2 atom stereocenters. The average Bonchev–Trinajstić information content (AvgIpc) is 3.14. The summed E-state index contributed by atoms with van der Waals surface area (Å²) >= 11 is 0. The third kappa shape index (κ3) is 3.34. The number of benzene rings is 1. The van der Waals surface area contributed by atoms with Crippen LogP contribution in [0.25, 0.3) is 0 Å². The Morgan fingerprint density at radius 2 is 1.62 bits per heavy atom. The second kappa shape index (κ2) is 6.92. The standard InChI is InChI=1S/C21H32N2O2S/c1-15-6-8-22(9-7-15)20-11-18-13-23(14-19(18)12-20)26(24,25)21-5-4-16(2)10-17(21)3/h4-5,10,15,18-20H,6-9,11-14H2,1-3H3. The van der Waals surface area contributed by atoms with E-state index in [2.05, 4.69) is 11.8 Å². The highest BCUT2D eigenvalue weighted by atomic mass is 32.2. The Bertz CT molecular complexity index is 754. The summed E-state index contributed by atoms with van der Waals surface area (Å²) in [5.74, 6) is 1.95. The molecular formula is C21H32N2O2S. The number of fused-ring (bicyclic) bond motifs is 1. The lowest BCUT2D eigenvalue weighted by Crippen LogP contribution is -2.41. The number of hydrogen-bond acceptors (Lipinski definition) is 3. The third-order valence-electron chi connectivity index (χ3n) is 6.98. The zero-order chi connectivity index (χ0) is 18.5. The maximum absolute atomic E-state index is 13.1. The molecule has 1 aromatic rings. The number of rotatable bonds is 3. The largest absolute Gasteiger partial charge is 0.300 e. The summed E-state index contributed by atoms with van der Waals surface area (Å²) in [6, 6.07) is 6.34. The minimum Gasteiger partial charge on any atom is -0.300 e. The number of piperidine rings is 1. The van der Waals surface area contributed by atoms with E-state index in [0.29, 0.717) is 35.9 Å². The van der Waals surface area contributed by atoms with Crippen molar-refractivity contribution in [2.24, 2.45) is 17.8 Å². The molecule has 1 aliphatic carbocycles. The first-order chi connectivity index (χ1) is 12.3. The van der Waals surface area contributed by atoms with Crippen molar-refractivity contribution in [1.82, 2.24) is 9.21 Å². The number of sulfonamides is 1. The smallest absolute Gasteiger partial charge is 0.243 e. The third-order valence-corrected chi connectivity index (χ3v) is 8.97. The molecule has 2 unspecified atom stereocenters. The number of likely N-dealkylation sites (tertiary alicyclic amines) is 1. The molecule has 2 aliphatic heterocycles. The Labute approximate surface area is 158 Å². The van der Waals surface area contributed by atoms with Gasteiger partial charge in [0.2, 0.25) is 10.0 Å². The predicted octanol–water partition coefficient (Wildman–Crippen LogP) is 3.43. The fourth-order valence-corrected chi connectivity index (χ4v) is 7.10. The van der Waals surface area contributed by atoms with Crippen LogP contribution >= 0.6 is 0 Å². The van der Waals surface area contributed by atoms with Crippen LogP contribution in [0.2, 0.25) is 0 Å². The molecule has 2 saturated heterocycles. The highest BCUT2D eigenvalue weighted by Crippen LogP contribution is 2.42. The normalized spacial score (nSPS) is 31.4. The predicted molar refractivity (Wildman–Crippen MR) is 105 cm³/mol. The number of aryl methyl sites for hydroxylation is 2. The summed E-state index contributed by atoms with van der Waals surface area (Å²) in [5.41, 5.74) is 1.97. The van der Waals surface area contributed by atoms with E-state index in [-0.39, 0.29) is 0 Å². The molecule has 4 nitrogen and oxygen atoms in total. The maximum atomic E-state index is 13.1. The molecule has 3 aliphatic rings. The molecule has 0 N–H and O–H groups in total. The van der Waals surface area contributed by atoms with E-state index in [0.717, 1.165) is 17.0 Å². The molecule has 144 valence electrons. The highest BCUT2D eigenvalue weighted by molar-refractivity contribution is 7.89. The van der Waals surface area contributed by atoms with Crippen LogP contribution in [0.15, 0.2) is 23.1 Å². The van der Waals surface area contributed by atoms with Gasteiger partial charge in [0.25, 0.3) is 0 Å². The van der Waals surface area contributed by atoms with Gasteiger partial charge < -0.3 is 4.90 Å². The van der Waals surface area contributed by atoms with Crippen molar-refractivity contribution in [3.05, 3.63) is 29.3 Å². The van der Waals surface area contributed by atoms with Crippen molar-refractivity contribution >= 4 is 10.0 Å². The minimum absolute atomic E-state index is 0.490. The van der Waals surface area contributed by atoms with Crippen molar-refractivity contribution in [3.8, 4) is 0 Å². The zero-order valence-corrected chi connectivity index (χ0v) is 17.1. The quantitative estimate of drug-likeness (QED) is 0.811. The van der Waals surface area contributed by atoms with Gasteiger partial charge in [-0.25, -0.2) is 8.42 Å². The van der Waals surface area contributed by atoms with Crippen molar-refractivity contribution < 1.29 is 8.42 Å². The van der Waals surface area contributed by atoms with Crippen LogP contribution in [0.1, 0.15) is 43.7 Å². The van der Waals surface area contributed by atoms with E-state index in [9.17, 15) is 8.42 Å². The molecule has 3 fully saturated rings. The Kier molecular flexibility index (Phi) is 4.91. The average molecular weight is 377 g/mol. The fourth-order valence-electron chi connectivity index (χ4n) is 5.34. The van der Waals surface area contributed by atoms with Crippen LogP contribution in [-0.2, 0) is 10.0 Å². The van der Waals surface area contributed by atoms with E-state index in [4.69, 9.17) is 0 Å². The van der Waals surface area contributed by atoms with Crippen LogP contribution in [0.3, 0.4) is 0 Å². The summed E-state index contributed by atoms with van der Waals surface area (Å²) in [6.07, 6.45) is 4.99. The monoisotopic (exact) mass is 376 g/mol. The second-order valence-electron chi connectivity index (χ2n) is 8.95. The molecule has 1 saturated carbocycles. The second-order valence-corrected chi connectivity index (χ2v) is 10.9. The van der Waals surface area contributed by atoms with Gasteiger partial charge in [-0.15, -0.1) is 0 Å². The molecule has 5 heteroatoms. The lowest BCUT2D eigenvalue weighted by molar-refractivity contribution is 0.133. The summed E-state index contributed by atoms with van der Waals surface area (Å²) in [4.78, 5) is 3.17. The summed E-state index contributed by atoms with van der Waals surface area (Å²) in [7, 11) is -3.36. The Morgan fingerprint density at radius 3 is 2.19 bits per heavy atom. The van der Waals surface area contributed by atoms with Gasteiger partial charge >= 0.3 is 0 Å². The molecule has 0 aromatic heterocycles. The first kappa shape index (κ1) is 18.5. The molecule has 2 heterocycles. The van der Waals surface area contributed by atoms with E-state index < -0.39 is 10.0 Å². The van der Waals surface area contributed by atoms with Crippen LogP contribution in [0, 0.1) is 31.6 Å². The summed E-state index contributed by atoms with van der Waals surface area (Å²) in [5, 5.41) is 0. The van der Waals surface area contributed by atoms with Crippen LogP contribution in [0.5, 0.6) is 0 Å².